The first-order valence-electron chi connectivity index (χ1n) is 3.42. The Morgan fingerprint density at radius 1 is 1.47 bits per heavy atom. The summed E-state index contributed by atoms with van der Waals surface area (Å²) in [7, 11) is 0.783. The molecule has 1 rings (SSSR count). The number of halogens is 4. The number of nitrogens with zero attached hydrogens (tertiary/aromatic N) is 1. The fourth-order valence-corrected chi connectivity index (χ4v) is 2.60. The zero-order valence-corrected chi connectivity index (χ0v) is 9.24. The molecular weight excluding hydrogens is 273 g/mol. The average Bonchev–Trinajstić information content (AvgIpc) is 1.99. The molecule has 0 unspecified atom stereocenters. The molecule has 15 heavy (non-hydrogen) atoms. The maximum Gasteiger partial charge on any atom is 0.280 e. The van der Waals surface area contributed by atoms with Crippen LogP contribution >= 0.6 is 22.3 Å². The maximum absolute atomic E-state index is 12.2. The van der Waals surface area contributed by atoms with Crippen LogP contribution in [0, 0.1) is 0 Å². The van der Waals surface area contributed by atoms with E-state index in [1.807, 2.05) is 0 Å². The van der Waals surface area contributed by atoms with E-state index in [4.69, 9.17) is 28.0 Å². The Labute approximate surface area is 93.4 Å². The van der Waals surface area contributed by atoms with Crippen molar-refractivity contribution in [2.24, 2.45) is 0 Å². The number of hydrogen-bond acceptors (Lipinski definition) is 4. The lowest BCUT2D eigenvalue weighted by Gasteiger charge is -2.06. The van der Waals surface area contributed by atoms with Gasteiger partial charge in [-0.1, -0.05) is 11.6 Å². The van der Waals surface area contributed by atoms with Crippen molar-refractivity contribution in [2.45, 2.75) is 11.3 Å². The lowest BCUT2D eigenvalue weighted by Crippen LogP contribution is -2.04. The summed E-state index contributed by atoms with van der Waals surface area (Å²) in [5.41, 5.74) is 4.45. The van der Waals surface area contributed by atoms with E-state index >= 15 is 0 Å². The minimum Gasteiger partial charge on any atom is -0.383 e. The van der Waals surface area contributed by atoms with E-state index < -0.39 is 36.9 Å². The molecule has 2 N–H and O–H groups in total. The molecule has 0 fully saturated rings. The lowest BCUT2D eigenvalue weighted by atomic mass is 10.3. The second kappa shape index (κ2) is 4.07. The Hall–Kier alpha value is -0.660. The average molecular weight is 277 g/mol. The van der Waals surface area contributed by atoms with E-state index in [1.54, 1.807) is 0 Å². The molecule has 1 aromatic rings. The first-order chi connectivity index (χ1) is 6.73. The molecule has 0 aliphatic rings. The molecular formula is C6H4Cl2F2N2O2S. The van der Waals surface area contributed by atoms with Crippen LogP contribution in [0.1, 0.15) is 12.1 Å². The lowest BCUT2D eigenvalue weighted by molar-refractivity contribution is 0.146. The summed E-state index contributed by atoms with van der Waals surface area (Å²) in [5, 5.41) is -0.479. The smallest absolute Gasteiger partial charge is 0.280 e. The second-order valence-corrected chi connectivity index (χ2v) is 5.39. The zero-order chi connectivity index (χ0) is 11.8. The van der Waals surface area contributed by atoms with Crippen molar-refractivity contribution in [1.82, 2.24) is 4.98 Å². The summed E-state index contributed by atoms with van der Waals surface area (Å²) < 4.78 is 46.3. The van der Waals surface area contributed by atoms with Crippen LogP contribution in [0.5, 0.6) is 0 Å². The largest absolute Gasteiger partial charge is 0.383 e. The van der Waals surface area contributed by atoms with Crippen LogP contribution in [-0.4, -0.2) is 13.4 Å². The standard InChI is InChI=1S/C6H4Cl2F2N2O2S/c7-2-1-3(5(9)10)12-6(11)4(2)15(8,13)14/h1,5H,(H2,11,12). The summed E-state index contributed by atoms with van der Waals surface area (Å²) >= 11 is 5.45. The van der Waals surface area contributed by atoms with Crippen molar-refractivity contribution in [1.29, 1.82) is 0 Å². The van der Waals surface area contributed by atoms with Gasteiger partial charge in [-0.05, 0) is 6.07 Å². The highest BCUT2D eigenvalue weighted by molar-refractivity contribution is 8.14. The molecule has 0 saturated heterocycles. The van der Waals surface area contributed by atoms with Crippen molar-refractivity contribution < 1.29 is 17.2 Å². The van der Waals surface area contributed by atoms with Gasteiger partial charge >= 0.3 is 0 Å². The number of alkyl halides is 2. The molecule has 0 spiro atoms. The first kappa shape index (κ1) is 12.4. The topological polar surface area (TPSA) is 73.0 Å². The van der Waals surface area contributed by atoms with Crippen molar-refractivity contribution in [3.05, 3.63) is 16.8 Å². The number of pyridine rings is 1. The van der Waals surface area contributed by atoms with Gasteiger partial charge in [-0.2, -0.15) is 0 Å². The first-order valence-corrected chi connectivity index (χ1v) is 6.11. The predicted octanol–water partition coefficient (Wildman–Crippen LogP) is 2.18. The molecule has 0 radical (unpaired) electrons. The minimum absolute atomic E-state index is 0.479. The second-order valence-electron chi connectivity index (χ2n) is 2.48. The summed E-state index contributed by atoms with van der Waals surface area (Å²) in [4.78, 5) is 2.52. The Kier molecular flexibility index (Phi) is 3.37. The van der Waals surface area contributed by atoms with Crippen LogP contribution in [0.4, 0.5) is 14.6 Å². The number of nitrogen functional groups attached to an aromatic ring is 1. The summed E-state index contributed by atoms with van der Waals surface area (Å²) in [6.45, 7) is 0. The van der Waals surface area contributed by atoms with Gasteiger partial charge in [0.15, 0.2) is 0 Å². The normalized spacial score (nSPS) is 12.1. The van der Waals surface area contributed by atoms with E-state index in [2.05, 4.69) is 4.98 Å². The van der Waals surface area contributed by atoms with Gasteiger partial charge in [-0.15, -0.1) is 0 Å². The van der Waals surface area contributed by atoms with Crippen LogP contribution in [0.25, 0.3) is 0 Å². The van der Waals surface area contributed by atoms with Crippen molar-refractivity contribution in [2.75, 3.05) is 5.73 Å². The van der Waals surface area contributed by atoms with Crippen molar-refractivity contribution >= 4 is 37.2 Å². The molecule has 0 aliphatic carbocycles. The highest BCUT2D eigenvalue weighted by Gasteiger charge is 2.23. The van der Waals surface area contributed by atoms with Crippen LogP contribution < -0.4 is 5.73 Å². The monoisotopic (exact) mass is 276 g/mol. The fourth-order valence-electron chi connectivity index (χ4n) is 0.893. The van der Waals surface area contributed by atoms with Gasteiger partial charge in [-0.3, -0.25) is 0 Å². The molecule has 0 bridgehead atoms. The zero-order valence-electron chi connectivity index (χ0n) is 6.92. The third-order valence-corrected chi connectivity index (χ3v) is 3.23. The quantitative estimate of drug-likeness (QED) is 0.841. The van der Waals surface area contributed by atoms with Gasteiger partial charge in [0, 0.05) is 10.7 Å². The minimum atomic E-state index is -4.20. The van der Waals surface area contributed by atoms with E-state index in [0.29, 0.717) is 6.07 Å². The molecule has 9 heteroatoms. The molecule has 0 atom stereocenters. The van der Waals surface area contributed by atoms with Gasteiger partial charge in [0.2, 0.25) is 0 Å². The number of nitrogens with two attached hydrogens (primary N) is 1. The molecule has 4 nitrogen and oxygen atoms in total. The molecule has 1 heterocycles. The van der Waals surface area contributed by atoms with E-state index in [0.717, 1.165) is 0 Å². The van der Waals surface area contributed by atoms with Gasteiger partial charge in [-0.25, -0.2) is 22.2 Å². The van der Waals surface area contributed by atoms with Gasteiger partial charge in [0.05, 0.1) is 5.02 Å². The highest BCUT2D eigenvalue weighted by Crippen LogP contribution is 2.32. The summed E-state index contributed by atoms with van der Waals surface area (Å²) in [6, 6.07) is 0.706. The molecule has 0 aromatic carbocycles. The van der Waals surface area contributed by atoms with Crippen LogP contribution in [0.3, 0.4) is 0 Å². The fraction of sp³-hybridized carbons (Fsp3) is 0.167. The Bertz CT molecular complexity index is 469. The van der Waals surface area contributed by atoms with Crippen molar-refractivity contribution in [3.8, 4) is 0 Å². The van der Waals surface area contributed by atoms with Crippen LogP contribution in [0.15, 0.2) is 11.0 Å². The van der Waals surface area contributed by atoms with Crippen LogP contribution in [0.2, 0.25) is 5.02 Å². The highest BCUT2D eigenvalue weighted by atomic mass is 35.7. The third-order valence-electron chi connectivity index (χ3n) is 1.44. The number of anilines is 1. The predicted molar refractivity (Wildman–Crippen MR) is 51.7 cm³/mol. The summed E-state index contributed by atoms with van der Waals surface area (Å²) in [5.74, 6) is -0.646. The van der Waals surface area contributed by atoms with Crippen molar-refractivity contribution in [3.63, 3.8) is 0 Å². The van der Waals surface area contributed by atoms with Gasteiger partial charge in [0.1, 0.15) is 16.4 Å². The molecule has 0 amide bonds. The molecule has 0 saturated carbocycles. The van der Waals surface area contributed by atoms with E-state index in [-0.39, 0.29) is 0 Å². The Morgan fingerprint density at radius 3 is 2.33 bits per heavy atom. The number of hydrogen-bond donors (Lipinski definition) is 1. The molecule has 0 aliphatic heterocycles. The summed E-state index contributed by atoms with van der Waals surface area (Å²) in [6.07, 6.45) is -2.89. The van der Waals surface area contributed by atoms with Crippen LogP contribution in [-0.2, 0) is 9.05 Å². The van der Waals surface area contributed by atoms with Gasteiger partial charge < -0.3 is 5.73 Å². The number of aromatic nitrogens is 1. The molecule has 84 valence electrons. The maximum atomic E-state index is 12.2. The molecule has 1 aromatic heterocycles. The SMILES string of the molecule is Nc1nc(C(F)F)cc(Cl)c1S(=O)(=O)Cl. The van der Waals surface area contributed by atoms with E-state index in [1.165, 1.54) is 0 Å². The third kappa shape index (κ3) is 2.67. The Balaban J connectivity index is 3.48. The Morgan fingerprint density at radius 2 is 2.00 bits per heavy atom. The van der Waals surface area contributed by atoms with Gasteiger partial charge in [0.25, 0.3) is 15.5 Å². The van der Waals surface area contributed by atoms with E-state index in [9.17, 15) is 17.2 Å². The number of rotatable bonds is 2.